The van der Waals surface area contributed by atoms with Gasteiger partial charge in [-0.15, -0.1) is 0 Å². The zero-order valence-electron chi connectivity index (χ0n) is 10.9. The number of hydrogen-bond acceptors (Lipinski definition) is 5. The fourth-order valence-corrected chi connectivity index (χ4v) is 2.19. The second kappa shape index (κ2) is 4.87. The lowest BCUT2D eigenvalue weighted by molar-refractivity contribution is -0.146. The van der Waals surface area contributed by atoms with Gasteiger partial charge in [-0.2, -0.15) is 0 Å². The smallest absolute Gasteiger partial charge is 0.356 e. The van der Waals surface area contributed by atoms with Gasteiger partial charge in [-0.1, -0.05) is 0 Å². The maximum absolute atomic E-state index is 11.4. The van der Waals surface area contributed by atoms with E-state index in [2.05, 4.69) is 9.72 Å². The monoisotopic (exact) mass is 264 g/mol. The Kier molecular flexibility index (Phi) is 3.42. The predicted molar refractivity (Wildman–Crippen MR) is 68.1 cm³/mol. The largest absolute Gasteiger partial charge is 0.481 e. The Morgan fingerprint density at radius 1 is 1.53 bits per heavy atom. The highest BCUT2D eigenvalue weighted by Crippen LogP contribution is 2.33. The Bertz CT molecular complexity index is 517. The molecule has 0 saturated carbocycles. The van der Waals surface area contributed by atoms with Crippen LogP contribution >= 0.6 is 0 Å². The minimum atomic E-state index is -0.794. The molecule has 6 heteroatoms. The molecule has 0 spiro atoms. The Balaban J connectivity index is 2.20. The lowest BCUT2D eigenvalue weighted by Gasteiger charge is -2.21. The van der Waals surface area contributed by atoms with Crippen molar-refractivity contribution in [3.63, 3.8) is 0 Å². The number of carbonyl (C=O) groups excluding carboxylic acids is 1. The summed E-state index contributed by atoms with van der Waals surface area (Å²) in [5.74, 6) is -1.29. The van der Waals surface area contributed by atoms with E-state index in [-0.39, 0.29) is 5.69 Å². The van der Waals surface area contributed by atoms with Gasteiger partial charge in [-0.3, -0.25) is 4.79 Å². The molecule has 1 aromatic rings. The van der Waals surface area contributed by atoms with Gasteiger partial charge in [0.1, 0.15) is 5.69 Å². The average Bonchev–Trinajstić information content (AvgIpc) is 2.82. The van der Waals surface area contributed by atoms with Crippen LogP contribution in [0, 0.1) is 5.41 Å². The summed E-state index contributed by atoms with van der Waals surface area (Å²) in [4.78, 5) is 28.5. The lowest BCUT2D eigenvalue weighted by atomic mass is 9.90. The molecule has 1 aliphatic rings. The SMILES string of the molecule is COC(=O)c1cc(N2CCC(C)(C(=O)O)C2)ccn1. The van der Waals surface area contributed by atoms with Gasteiger partial charge in [0.05, 0.1) is 12.5 Å². The molecule has 0 amide bonds. The molecule has 102 valence electrons. The van der Waals surface area contributed by atoms with E-state index < -0.39 is 17.4 Å². The number of rotatable bonds is 3. The molecule has 0 radical (unpaired) electrons. The third-order valence-corrected chi connectivity index (χ3v) is 3.49. The number of ether oxygens (including phenoxy) is 1. The average molecular weight is 264 g/mol. The number of nitrogens with zero attached hydrogens (tertiary/aromatic N) is 2. The van der Waals surface area contributed by atoms with Gasteiger partial charge in [0.25, 0.3) is 0 Å². The molecule has 1 N–H and O–H groups in total. The molecule has 1 saturated heterocycles. The van der Waals surface area contributed by atoms with Gasteiger partial charge in [-0.25, -0.2) is 9.78 Å². The van der Waals surface area contributed by atoms with Crippen LogP contribution < -0.4 is 4.90 Å². The second-order valence-corrected chi connectivity index (χ2v) is 4.93. The van der Waals surface area contributed by atoms with Crippen LogP contribution in [0.25, 0.3) is 0 Å². The molecular weight excluding hydrogens is 248 g/mol. The summed E-state index contributed by atoms with van der Waals surface area (Å²) >= 11 is 0. The van der Waals surface area contributed by atoms with Crippen LogP contribution in [-0.4, -0.2) is 42.2 Å². The number of anilines is 1. The predicted octanol–water partition coefficient (Wildman–Crippen LogP) is 1.17. The first-order chi connectivity index (χ1) is 8.96. The number of aromatic nitrogens is 1. The minimum absolute atomic E-state index is 0.226. The first-order valence-corrected chi connectivity index (χ1v) is 5.99. The van der Waals surface area contributed by atoms with Crippen LogP contribution in [0.1, 0.15) is 23.8 Å². The van der Waals surface area contributed by atoms with Gasteiger partial charge in [0, 0.05) is 25.0 Å². The van der Waals surface area contributed by atoms with Crippen LogP contribution in [-0.2, 0) is 9.53 Å². The summed E-state index contributed by atoms with van der Waals surface area (Å²) in [6.07, 6.45) is 2.11. The van der Waals surface area contributed by atoms with E-state index in [1.54, 1.807) is 19.1 Å². The number of hydrogen-bond donors (Lipinski definition) is 1. The first kappa shape index (κ1) is 13.3. The van der Waals surface area contributed by atoms with E-state index in [0.29, 0.717) is 19.5 Å². The molecule has 1 fully saturated rings. The molecular formula is C13H16N2O4. The van der Waals surface area contributed by atoms with Gasteiger partial charge >= 0.3 is 11.9 Å². The minimum Gasteiger partial charge on any atom is -0.481 e. The summed E-state index contributed by atoms with van der Waals surface area (Å²) in [5, 5.41) is 9.20. The van der Waals surface area contributed by atoms with Crippen LogP contribution in [0.5, 0.6) is 0 Å². The maximum Gasteiger partial charge on any atom is 0.356 e. The van der Waals surface area contributed by atoms with Gasteiger partial charge in [0.15, 0.2) is 0 Å². The number of carbonyl (C=O) groups is 2. The molecule has 1 atom stereocenters. The Hall–Kier alpha value is -2.11. The van der Waals surface area contributed by atoms with Crippen molar-refractivity contribution < 1.29 is 19.4 Å². The molecule has 2 heterocycles. The van der Waals surface area contributed by atoms with E-state index in [9.17, 15) is 14.7 Å². The van der Waals surface area contributed by atoms with Crippen molar-refractivity contribution in [2.45, 2.75) is 13.3 Å². The van der Waals surface area contributed by atoms with Crippen LogP contribution in [0.2, 0.25) is 0 Å². The Labute approximate surface area is 111 Å². The third-order valence-electron chi connectivity index (χ3n) is 3.49. The van der Waals surface area contributed by atoms with Gasteiger partial charge in [-0.05, 0) is 25.5 Å². The van der Waals surface area contributed by atoms with E-state index in [4.69, 9.17) is 0 Å². The number of pyridine rings is 1. The van der Waals surface area contributed by atoms with Crippen molar-refractivity contribution in [3.8, 4) is 0 Å². The van der Waals surface area contributed by atoms with Gasteiger partial charge < -0.3 is 14.7 Å². The highest BCUT2D eigenvalue weighted by molar-refractivity contribution is 5.88. The van der Waals surface area contributed by atoms with E-state index in [0.717, 1.165) is 5.69 Å². The third kappa shape index (κ3) is 2.52. The Morgan fingerprint density at radius 2 is 2.26 bits per heavy atom. The van der Waals surface area contributed by atoms with E-state index in [1.165, 1.54) is 13.3 Å². The van der Waals surface area contributed by atoms with Crippen LogP contribution in [0.4, 0.5) is 5.69 Å². The number of carboxylic acid groups (broad SMARTS) is 1. The second-order valence-electron chi connectivity index (χ2n) is 4.93. The number of methoxy groups -OCH3 is 1. The lowest BCUT2D eigenvalue weighted by Crippen LogP contribution is -2.31. The highest BCUT2D eigenvalue weighted by atomic mass is 16.5. The molecule has 19 heavy (non-hydrogen) atoms. The summed E-state index contributed by atoms with van der Waals surface area (Å²) in [5.41, 5.74) is 0.277. The molecule has 1 aliphatic heterocycles. The van der Waals surface area contributed by atoms with Crippen LogP contribution in [0.3, 0.4) is 0 Å². The summed E-state index contributed by atoms with van der Waals surface area (Å²) < 4.78 is 4.62. The summed E-state index contributed by atoms with van der Waals surface area (Å²) in [6.45, 7) is 2.80. The van der Waals surface area contributed by atoms with Crippen molar-refractivity contribution in [2.75, 3.05) is 25.1 Å². The molecule has 0 aromatic carbocycles. The zero-order chi connectivity index (χ0) is 14.0. The standard InChI is InChI=1S/C13H16N2O4/c1-13(12(17)18)4-6-15(8-13)9-3-5-14-10(7-9)11(16)19-2/h3,5,7H,4,6,8H2,1-2H3,(H,17,18). The fraction of sp³-hybridized carbons (Fsp3) is 0.462. The van der Waals surface area contributed by atoms with Crippen molar-refractivity contribution in [1.29, 1.82) is 0 Å². The highest BCUT2D eigenvalue weighted by Gasteiger charge is 2.40. The van der Waals surface area contributed by atoms with E-state index >= 15 is 0 Å². The molecule has 1 aromatic heterocycles. The van der Waals surface area contributed by atoms with E-state index in [1.807, 2.05) is 4.90 Å². The van der Waals surface area contributed by atoms with Crippen molar-refractivity contribution >= 4 is 17.6 Å². The Morgan fingerprint density at radius 3 is 2.84 bits per heavy atom. The molecule has 1 unspecified atom stereocenters. The van der Waals surface area contributed by atoms with Crippen molar-refractivity contribution in [1.82, 2.24) is 4.98 Å². The topological polar surface area (TPSA) is 79.7 Å². The molecule has 2 rings (SSSR count). The summed E-state index contributed by atoms with van der Waals surface area (Å²) in [6, 6.07) is 3.39. The van der Waals surface area contributed by atoms with Gasteiger partial charge in [0.2, 0.25) is 0 Å². The molecule has 0 aliphatic carbocycles. The molecule has 0 bridgehead atoms. The number of aliphatic carboxylic acids is 1. The quantitative estimate of drug-likeness (QED) is 0.825. The zero-order valence-corrected chi connectivity index (χ0v) is 10.9. The maximum atomic E-state index is 11.4. The summed E-state index contributed by atoms with van der Waals surface area (Å²) in [7, 11) is 1.30. The number of carboxylic acids is 1. The number of esters is 1. The van der Waals surface area contributed by atoms with Crippen molar-refractivity contribution in [3.05, 3.63) is 24.0 Å². The van der Waals surface area contributed by atoms with Crippen molar-refractivity contribution in [2.24, 2.45) is 5.41 Å². The van der Waals surface area contributed by atoms with Crippen LogP contribution in [0.15, 0.2) is 18.3 Å². The molecule has 6 nitrogen and oxygen atoms in total. The fourth-order valence-electron chi connectivity index (χ4n) is 2.19. The first-order valence-electron chi connectivity index (χ1n) is 5.99. The normalized spacial score (nSPS) is 22.3.